The van der Waals surface area contributed by atoms with Gasteiger partial charge >= 0.3 is 0 Å². The Kier molecular flexibility index (Phi) is 3.69. The summed E-state index contributed by atoms with van der Waals surface area (Å²) in [7, 11) is 0. The summed E-state index contributed by atoms with van der Waals surface area (Å²) in [6, 6.07) is 15.1. The van der Waals surface area contributed by atoms with Gasteiger partial charge in [-0.05, 0) is 19.1 Å². The number of aryl methyl sites for hydroxylation is 1. The topological polar surface area (TPSA) is 60.9 Å². The number of carbonyl (C=O) groups is 1. The molecule has 4 nitrogen and oxygen atoms in total. The molecule has 0 saturated heterocycles. The van der Waals surface area contributed by atoms with Gasteiger partial charge in [-0.3, -0.25) is 4.79 Å². The van der Waals surface area contributed by atoms with Crippen LogP contribution >= 0.6 is 11.6 Å². The first-order valence-corrected chi connectivity index (χ1v) is 7.15. The largest absolute Gasteiger partial charge is 0.365 e. The van der Waals surface area contributed by atoms with Crippen LogP contribution < -0.4 is 5.73 Å². The number of rotatable bonds is 3. The third kappa shape index (κ3) is 2.61. The second kappa shape index (κ2) is 5.66. The highest BCUT2D eigenvalue weighted by molar-refractivity contribution is 6.32. The first-order valence-electron chi connectivity index (χ1n) is 6.77. The van der Waals surface area contributed by atoms with Crippen LogP contribution in [0.15, 0.2) is 54.7 Å². The summed E-state index contributed by atoms with van der Waals surface area (Å²) < 4.78 is 1.58. The summed E-state index contributed by atoms with van der Waals surface area (Å²) in [6.45, 7) is 2.00. The van der Waals surface area contributed by atoms with Crippen molar-refractivity contribution in [3.8, 4) is 16.9 Å². The van der Waals surface area contributed by atoms with Gasteiger partial charge in [-0.1, -0.05) is 53.6 Å². The molecule has 3 rings (SSSR count). The zero-order chi connectivity index (χ0) is 15.7. The van der Waals surface area contributed by atoms with Crippen LogP contribution in [0.5, 0.6) is 0 Å². The van der Waals surface area contributed by atoms with Crippen LogP contribution in [-0.4, -0.2) is 15.7 Å². The second-order valence-electron chi connectivity index (χ2n) is 5.02. The smallest absolute Gasteiger partial charge is 0.252 e. The quantitative estimate of drug-likeness (QED) is 0.803. The number of benzene rings is 2. The molecule has 5 heteroatoms. The number of aromatic nitrogens is 2. The number of amides is 1. The van der Waals surface area contributed by atoms with E-state index < -0.39 is 5.91 Å². The van der Waals surface area contributed by atoms with Gasteiger partial charge in [0.05, 0.1) is 16.3 Å². The molecule has 2 aromatic carbocycles. The minimum atomic E-state index is -0.520. The van der Waals surface area contributed by atoms with Crippen molar-refractivity contribution in [2.24, 2.45) is 5.73 Å². The van der Waals surface area contributed by atoms with Crippen molar-refractivity contribution in [2.45, 2.75) is 6.92 Å². The van der Waals surface area contributed by atoms with E-state index in [-0.39, 0.29) is 0 Å². The number of halogens is 1. The van der Waals surface area contributed by atoms with Crippen molar-refractivity contribution in [3.63, 3.8) is 0 Å². The highest BCUT2D eigenvalue weighted by Gasteiger charge is 2.17. The van der Waals surface area contributed by atoms with Gasteiger partial charge in [0.15, 0.2) is 0 Å². The maximum absolute atomic E-state index is 11.7. The van der Waals surface area contributed by atoms with Crippen LogP contribution in [-0.2, 0) is 0 Å². The van der Waals surface area contributed by atoms with E-state index in [2.05, 4.69) is 5.10 Å². The van der Waals surface area contributed by atoms with Crippen LogP contribution in [0.2, 0.25) is 5.02 Å². The molecule has 0 spiro atoms. The van der Waals surface area contributed by atoms with E-state index in [1.54, 1.807) is 16.9 Å². The van der Waals surface area contributed by atoms with Gasteiger partial charge in [0.25, 0.3) is 5.91 Å². The van der Waals surface area contributed by atoms with Crippen molar-refractivity contribution >= 4 is 17.5 Å². The van der Waals surface area contributed by atoms with Crippen molar-refractivity contribution in [3.05, 3.63) is 70.9 Å². The van der Waals surface area contributed by atoms with Crippen LogP contribution in [0.25, 0.3) is 16.9 Å². The monoisotopic (exact) mass is 311 g/mol. The molecule has 0 aliphatic heterocycles. The van der Waals surface area contributed by atoms with Gasteiger partial charge in [-0.2, -0.15) is 5.10 Å². The molecule has 0 bridgehead atoms. The van der Waals surface area contributed by atoms with E-state index in [1.807, 2.05) is 49.4 Å². The fraction of sp³-hybridized carbons (Fsp3) is 0.0588. The molecule has 1 amide bonds. The molecule has 110 valence electrons. The number of hydrogen-bond donors (Lipinski definition) is 1. The molecule has 0 unspecified atom stereocenters. The summed E-state index contributed by atoms with van der Waals surface area (Å²) in [4.78, 5) is 11.7. The third-order valence-electron chi connectivity index (χ3n) is 3.40. The van der Waals surface area contributed by atoms with E-state index in [0.717, 1.165) is 11.1 Å². The molecule has 1 heterocycles. The van der Waals surface area contributed by atoms with Crippen LogP contribution in [0.1, 0.15) is 15.9 Å². The van der Waals surface area contributed by atoms with Gasteiger partial charge in [0, 0.05) is 11.8 Å². The summed E-state index contributed by atoms with van der Waals surface area (Å²) >= 11 is 6.19. The Labute approximate surface area is 133 Å². The normalized spacial score (nSPS) is 10.6. The number of nitrogens with two attached hydrogens (primary N) is 1. The second-order valence-corrected chi connectivity index (χ2v) is 5.42. The van der Waals surface area contributed by atoms with Crippen LogP contribution in [0.4, 0.5) is 0 Å². The SMILES string of the molecule is Cc1ccc(-c2nn(-c3ccccc3Cl)cc2C(N)=O)cc1. The zero-order valence-electron chi connectivity index (χ0n) is 12.0. The summed E-state index contributed by atoms with van der Waals surface area (Å²) in [5.41, 5.74) is 9.07. The van der Waals surface area contributed by atoms with E-state index >= 15 is 0 Å². The third-order valence-corrected chi connectivity index (χ3v) is 3.72. The summed E-state index contributed by atoms with van der Waals surface area (Å²) in [5.74, 6) is -0.520. The summed E-state index contributed by atoms with van der Waals surface area (Å²) in [5, 5.41) is 5.05. The van der Waals surface area contributed by atoms with Gasteiger partial charge < -0.3 is 5.73 Å². The maximum atomic E-state index is 11.7. The van der Waals surface area contributed by atoms with Gasteiger partial charge in [-0.15, -0.1) is 0 Å². The minimum Gasteiger partial charge on any atom is -0.365 e. The van der Waals surface area contributed by atoms with Gasteiger partial charge in [-0.25, -0.2) is 4.68 Å². The minimum absolute atomic E-state index is 0.365. The zero-order valence-corrected chi connectivity index (χ0v) is 12.7. The summed E-state index contributed by atoms with van der Waals surface area (Å²) in [6.07, 6.45) is 1.61. The molecule has 2 N–H and O–H groups in total. The molecule has 1 aromatic heterocycles. The maximum Gasteiger partial charge on any atom is 0.252 e. The lowest BCUT2D eigenvalue weighted by molar-refractivity contribution is 0.100. The molecule has 22 heavy (non-hydrogen) atoms. The lowest BCUT2D eigenvalue weighted by Crippen LogP contribution is -2.11. The fourth-order valence-corrected chi connectivity index (χ4v) is 2.46. The van der Waals surface area contributed by atoms with Crippen molar-refractivity contribution < 1.29 is 4.79 Å². The van der Waals surface area contributed by atoms with Crippen LogP contribution in [0.3, 0.4) is 0 Å². The molecule has 0 atom stereocenters. The predicted octanol–water partition coefficient (Wildman–Crippen LogP) is 3.60. The van der Waals surface area contributed by atoms with E-state index in [9.17, 15) is 4.79 Å². The average molecular weight is 312 g/mol. The lowest BCUT2D eigenvalue weighted by Gasteiger charge is -2.03. The van der Waals surface area contributed by atoms with Crippen LogP contribution in [0, 0.1) is 6.92 Å². The highest BCUT2D eigenvalue weighted by atomic mass is 35.5. The van der Waals surface area contributed by atoms with Crippen molar-refractivity contribution in [1.82, 2.24) is 9.78 Å². The molecule has 0 aliphatic carbocycles. The van der Waals surface area contributed by atoms with E-state index in [0.29, 0.717) is 22.0 Å². The molecular weight excluding hydrogens is 298 g/mol. The number of primary amides is 1. The van der Waals surface area contributed by atoms with Crippen molar-refractivity contribution in [1.29, 1.82) is 0 Å². The molecular formula is C17H14ClN3O. The lowest BCUT2D eigenvalue weighted by atomic mass is 10.1. The number of hydrogen-bond acceptors (Lipinski definition) is 2. The molecule has 0 fully saturated rings. The van der Waals surface area contributed by atoms with Gasteiger partial charge in [0.1, 0.15) is 5.69 Å². The molecule has 0 saturated carbocycles. The fourth-order valence-electron chi connectivity index (χ4n) is 2.24. The number of carbonyl (C=O) groups excluding carboxylic acids is 1. The molecule has 3 aromatic rings. The van der Waals surface area contributed by atoms with E-state index in [4.69, 9.17) is 17.3 Å². The molecule has 0 radical (unpaired) electrons. The standard InChI is InChI=1S/C17H14ClN3O/c1-11-6-8-12(9-7-11)16-13(17(19)22)10-21(20-16)15-5-3-2-4-14(15)18/h2-10H,1H3,(H2,19,22). The van der Waals surface area contributed by atoms with Gasteiger partial charge in [0.2, 0.25) is 0 Å². The first kappa shape index (κ1) is 14.4. The first-order chi connectivity index (χ1) is 10.6. The Morgan fingerprint density at radius 2 is 1.82 bits per heavy atom. The molecule has 0 aliphatic rings. The Bertz CT molecular complexity index is 837. The Balaban J connectivity index is 2.17. The average Bonchev–Trinajstić information content (AvgIpc) is 2.93. The van der Waals surface area contributed by atoms with Crippen molar-refractivity contribution in [2.75, 3.05) is 0 Å². The highest BCUT2D eigenvalue weighted by Crippen LogP contribution is 2.26. The Morgan fingerprint density at radius 1 is 1.14 bits per heavy atom. The predicted molar refractivity (Wildman–Crippen MR) is 87.3 cm³/mol. The number of nitrogens with zero attached hydrogens (tertiary/aromatic N) is 2. The number of para-hydroxylation sites is 1. The Hall–Kier alpha value is -2.59. The Morgan fingerprint density at radius 3 is 2.45 bits per heavy atom. The van der Waals surface area contributed by atoms with E-state index in [1.165, 1.54) is 0 Å².